The van der Waals surface area contributed by atoms with Gasteiger partial charge < -0.3 is 9.84 Å². The minimum Gasteiger partial charge on any atom is -0.392 e. The Morgan fingerprint density at radius 2 is 0.733 bits per heavy atom. The van der Waals surface area contributed by atoms with Crippen LogP contribution >= 0.6 is 0 Å². The molecule has 2 aliphatic rings. The van der Waals surface area contributed by atoms with Crippen LogP contribution in [0.3, 0.4) is 0 Å². The van der Waals surface area contributed by atoms with Gasteiger partial charge in [0.25, 0.3) is 0 Å². The maximum atomic E-state index is 12.9. The second-order valence-electron chi connectivity index (χ2n) is 12.7. The quantitative estimate of drug-likeness (QED) is 0.177. The molecule has 0 spiro atoms. The maximum absolute atomic E-state index is 12.9. The Balaban J connectivity index is 1.37. The van der Waals surface area contributed by atoms with Crippen LogP contribution in [0, 0.1) is 22.7 Å². The number of hydrogen-bond donors (Lipinski definition) is 1. The number of aliphatic hydroxyl groups is 1. The van der Waals surface area contributed by atoms with E-state index in [0.29, 0.717) is 13.2 Å². The Morgan fingerprint density at radius 3 is 1.00 bits per heavy atom. The highest BCUT2D eigenvalue weighted by Crippen LogP contribution is 2.65. The maximum Gasteiger partial charge on any atom is 0.0671 e. The molecule has 4 aromatic rings. The van der Waals surface area contributed by atoms with E-state index in [2.05, 4.69) is 170 Å². The normalized spacial score (nSPS) is 21.0. The molecule has 1 heterocycles. The lowest BCUT2D eigenvalue weighted by atomic mass is 9.67. The SMILES string of the molecule is OC1C(C/C=C/c2ccccc2)(C/C=C/c2ccccc2)[C@H]2COC[C@@H]2C1(C/C=C/c1ccccc1)C/C=C/c1ccccc1. The topological polar surface area (TPSA) is 29.5 Å². The van der Waals surface area contributed by atoms with Gasteiger partial charge in [0, 0.05) is 10.8 Å². The highest BCUT2D eigenvalue weighted by atomic mass is 16.5. The van der Waals surface area contributed by atoms with Crippen molar-refractivity contribution in [1.82, 2.24) is 0 Å². The number of fused-ring (bicyclic) bond motifs is 1. The molecule has 45 heavy (non-hydrogen) atoms. The van der Waals surface area contributed by atoms with Gasteiger partial charge in [-0.15, -0.1) is 0 Å². The highest BCUT2D eigenvalue weighted by molar-refractivity contribution is 5.52. The lowest BCUT2D eigenvalue weighted by Crippen LogP contribution is -2.43. The van der Waals surface area contributed by atoms with Gasteiger partial charge in [-0.3, -0.25) is 0 Å². The number of allylic oxidation sites excluding steroid dienone is 4. The molecule has 2 atom stereocenters. The van der Waals surface area contributed by atoms with Crippen molar-refractivity contribution in [3.8, 4) is 0 Å². The minimum atomic E-state index is -0.509. The Morgan fingerprint density at radius 1 is 0.467 bits per heavy atom. The van der Waals surface area contributed by atoms with E-state index in [4.69, 9.17) is 4.74 Å². The molecule has 1 aliphatic heterocycles. The smallest absolute Gasteiger partial charge is 0.0671 e. The van der Waals surface area contributed by atoms with Gasteiger partial charge in [-0.25, -0.2) is 0 Å². The number of aliphatic hydroxyl groups excluding tert-OH is 1. The van der Waals surface area contributed by atoms with Crippen molar-refractivity contribution >= 4 is 24.3 Å². The van der Waals surface area contributed by atoms with Crippen LogP contribution in [0.5, 0.6) is 0 Å². The van der Waals surface area contributed by atoms with Gasteiger partial charge in [0.1, 0.15) is 0 Å². The Labute approximate surface area is 269 Å². The van der Waals surface area contributed by atoms with Crippen molar-refractivity contribution in [2.75, 3.05) is 13.2 Å². The van der Waals surface area contributed by atoms with Crippen LogP contribution in [0.1, 0.15) is 47.9 Å². The van der Waals surface area contributed by atoms with E-state index >= 15 is 0 Å². The number of rotatable bonds is 12. The fraction of sp³-hybridized carbons (Fsp3) is 0.256. The zero-order valence-electron chi connectivity index (χ0n) is 26.0. The van der Waals surface area contributed by atoms with Crippen LogP contribution in [0.4, 0.5) is 0 Å². The zero-order valence-corrected chi connectivity index (χ0v) is 26.0. The first kappa shape index (κ1) is 30.8. The molecule has 1 saturated carbocycles. The second-order valence-corrected chi connectivity index (χ2v) is 12.7. The molecular formula is C43H44O2. The van der Waals surface area contributed by atoms with E-state index < -0.39 is 6.10 Å². The first-order valence-corrected chi connectivity index (χ1v) is 16.3. The van der Waals surface area contributed by atoms with Gasteiger partial charge in [0.15, 0.2) is 0 Å². The van der Waals surface area contributed by atoms with Crippen molar-refractivity contribution in [3.05, 3.63) is 168 Å². The molecule has 1 N–H and O–H groups in total. The zero-order chi connectivity index (χ0) is 30.8. The molecule has 0 amide bonds. The third-order valence-electron chi connectivity index (χ3n) is 10.1. The predicted molar refractivity (Wildman–Crippen MR) is 189 cm³/mol. The summed E-state index contributed by atoms with van der Waals surface area (Å²) in [4.78, 5) is 0. The van der Waals surface area contributed by atoms with Crippen LogP contribution in [0.2, 0.25) is 0 Å². The molecule has 2 nitrogen and oxygen atoms in total. The molecule has 0 unspecified atom stereocenters. The van der Waals surface area contributed by atoms with E-state index in [-0.39, 0.29) is 22.7 Å². The molecule has 2 fully saturated rings. The van der Waals surface area contributed by atoms with Gasteiger partial charge in [-0.05, 0) is 59.8 Å². The Kier molecular flexibility index (Phi) is 10.0. The van der Waals surface area contributed by atoms with Gasteiger partial charge in [0.05, 0.1) is 19.3 Å². The average molecular weight is 593 g/mol. The third-order valence-corrected chi connectivity index (χ3v) is 10.1. The Hall–Kier alpha value is -4.24. The molecule has 1 saturated heterocycles. The lowest BCUT2D eigenvalue weighted by molar-refractivity contribution is -0.0543. The predicted octanol–water partition coefficient (Wildman–Crippen LogP) is 10.0. The van der Waals surface area contributed by atoms with Gasteiger partial charge in [-0.1, -0.05) is 170 Å². The van der Waals surface area contributed by atoms with Crippen molar-refractivity contribution in [1.29, 1.82) is 0 Å². The van der Waals surface area contributed by atoms with E-state index in [1.165, 1.54) is 22.3 Å². The largest absolute Gasteiger partial charge is 0.392 e. The summed E-state index contributed by atoms with van der Waals surface area (Å²) in [6.07, 6.45) is 20.7. The fourth-order valence-electron chi connectivity index (χ4n) is 7.80. The molecule has 0 bridgehead atoms. The van der Waals surface area contributed by atoms with Gasteiger partial charge >= 0.3 is 0 Å². The van der Waals surface area contributed by atoms with E-state index in [1.54, 1.807) is 0 Å². The van der Waals surface area contributed by atoms with Crippen LogP contribution in [0.25, 0.3) is 24.3 Å². The molecule has 2 heteroatoms. The summed E-state index contributed by atoms with van der Waals surface area (Å²) < 4.78 is 6.32. The van der Waals surface area contributed by atoms with Gasteiger partial charge in [-0.2, -0.15) is 0 Å². The Bertz CT molecular complexity index is 1360. The van der Waals surface area contributed by atoms with E-state index in [1.807, 2.05) is 0 Å². The summed E-state index contributed by atoms with van der Waals surface area (Å²) in [5.74, 6) is 0.507. The van der Waals surface area contributed by atoms with Crippen molar-refractivity contribution in [3.63, 3.8) is 0 Å². The molecule has 0 aromatic heterocycles. The third kappa shape index (κ3) is 7.04. The summed E-state index contributed by atoms with van der Waals surface area (Å²) >= 11 is 0. The molecule has 4 aromatic carbocycles. The number of ether oxygens (including phenoxy) is 1. The molecular weight excluding hydrogens is 548 g/mol. The summed E-state index contributed by atoms with van der Waals surface area (Å²) in [6.45, 7) is 1.37. The van der Waals surface area contributed by atoms with Gasteiger partial charge in [0.2, 0.25) is 0 Å². The molecule has 1 aliphatic carbocycles. The standard InChI is InChI=1S/C43H44O2/c44-41-42(29-13-25-35-17-5-1-6-18-35,30-14-26-36-19-7-2-8-20-36)39-33-45-34-40(39)43(41,31-15-27-37-21-9-3-10-22-37)32-16-28-38-23-11-4-12-24-38/h1-28,39-41,44H,29-34H2/b25-13+,26-14+,27-15+,28-16+/t39-,40-/m0/s1. The number of benzene rings is 4. The molecule has 6 rings (SSSR count). The minimum absolute atomic E-state index is 0.253. The molecule has 228 valence electrons. The molecule has 0 radical (unpaired) electrons. The van der Waals surface area contributed by atoms with E-state index in [9.17, 15) is 5.11 Å². The highest BCUT2D eigenvalue weighted by Gasteiger charge is 2.66. The van der Waals surface area contributed by atoms with Crippen molar-refractivity contribution in [2.24, 2.45) is 22.7 Å². The lowest BCUT2D eigenvalue weighted by Gasteiger charge is -2.41. The first-order valence-electron chi connectivity index (χ1n) is 16.3. The average Bonchev–Trinajstić information content (AvgIpc) is 3.65. The summed E-state index contributed by atoms with van der Waals surface area (Å²) in [5, 5.41) is 12.9. The summed E-state index contributed by atoms with van der Waals surface area (Å²) in [7, 11) is 0. The van der Waals surface area contributed by atoms with Crippen LogP contribution < -0.4 is 0 Å². The number of hydrogen-bond acceptors (Lipinski definition) is 2. The van der Waals surface area contributed by atoms with Crippen molar-refractivity contribution in [2.45, 2.75) is 31.8 Å². The summed E-state index contributed by atoms with van der Waals surface area (Å²) in [5.41, 5.74) is 4.03. The van der Waals surface area contributed by atoms with Crippen LogP contribution in [0.15, 0.2) is 146 Å². The second kappa shape index (κ2) is 14.7. The summed E-state index contributed by atoms with van der Waals surface area (Å²) in [6, 6.07) is 41.9. The van der Waals surface area contributed by atoms with Crippen LogP contribution in [-0.2, 0) is 4.74 Å². The fourth-order valence-corrected chi connectivity index (χ4v) is 7.80. The van der Waals surface area contributed by atoms with E-state index in [0.717, 1.165) is 25.7 Å². The van der Waals surface area contributed by atoms with Crippen molar-refractivity contribution < 1.29 is 9.84 Å². The van der Waals surface area contributed by atoms with Crippen LogP contribution in [-0.4, -0.2) is 24.4 Å². The monoisotopic (exact) mass is 592 g/mol. The first-order chi connectivity index (χ1) is 22.2.